The van der Waals surface area contributed by atoms with Crippen LogP contribution in [0.3, 0.4) is 0 Å². The van der Waals surface area contributed by atoms with Gasteiger partial charge in [-0.25, -0.2) is 0 Å². The molecule has 1 heterocycles. The van der Waals surface area contributed by atoms with Crippen LogP contribution in [0.1, 0.15) is 17.0 Å². The maximum atomic E-state index is 9.71. The van der Waals surface area contributed by atoms with Crippen LogP contribution in [0.2, 0.25) is 0 Å². The number of nitrogens with two attached hydrogens (primary N) is 1. The molecule has 1 atom stereocenters. The smallest absolute Gasteiger partial charge is 0.205 e. The Hall–Kier alpha value is -2.85. The van der Waals surface area contributed by atoms with Gasteiger partial charge in [0.05, 0.1) is 24.6 Å². The molecule has 2 aromatic carbocycles. The summed E-state index contributed by atoms with van der Waals surface area (Å²) in [6.45, 7) is 0. The number of hydrogen-bond donors (Lipinski definition) is 1. The number of halogens is 1. The van der Waals surface area contributed by atoms with Gasteiger partial charge in [0.15, 0.2) is 11.5 Å². The molecule has 140 valence electrons. The molecule has 0 unspecified atom stereocenters. The van der Waals surface area contributed by atoms with E-state index in [1.165, 1.54) is 0 Å². The molecule has 6 nitrogen and oxygen atoms in total. The molecule has 0 radical (unpaired) electrons. The molecule has 27 heavy (non-hydrogen) atoms. The summed E-state index contributed by atoms with van der Waals surface area (Å²) in [6.07, 6.45) is 0. The number of nitrogens with zero attached hydrogens (tertiary/aromatic N) is 2. The molecule has 1 aliphatic rings. The minimum atomic E-state index is -0.369. The number of nitriles is 1. The van der Waals surface area contributed by atoms with Gasteiger partial charge in [0, 0.05) is 31.4 Å². The van der Waals surface area contributed by atoms with Crippen molar-refractivity contribution in [3.8, 4) is 23.3 Å². The summed E-state index contributed by atoms with van der Waals surface area (Å²) in [6, 6.07) is 11.8. The van der Waals surface area contributed by atoms with Crippen LogP contribution in [0.5, 0.6) is 17.2 Å². The van der Waals surface area contributed by atoms with Crippen molar-refractivity contribution in [2.45, 2.75) is 5.92 Å². The average molecular weight is 430 g/mol. The fourth-order valence-corrected chi connectivity index (χ4v) is 3.79. The van der Waals surface area contributed by atoms with Crippen LogP contribution in [0.4, 0.5) is 5.69 Å². The van der Waals surface area contributed by atoms with Crippen molar-refractivity contribution < 1.29 is 14.2 Å². The third kappa shape index (κ3) is 3.28. The predicted molar refractivity (Wildman–Crippen MR) is 107 cm³/mol. The topological polar surface area (TPSA) is 80.7 Å². The standard InChI is InChI=1S/C20H20BrN3O3/c1-24(2)12-5-6-13-16(9-12)27-20(23)14(10-22)18(13)11-7-15(21)19(26-4)17(8-11)25-3/h5-9,18H,23H2,1-4H3/t18-/m0/s1. The lowest BCUT2D eigenvalue weighted by Crippen LogP contribution is -2.21. The molecule has 0 aliphatic carbocycles. The number of hydrogen-bond acceptors (Lipinski definition) is 6. The highest BCUT2D eigenvalue weighted by Gasteiger charge is 2.32. The molecular formula is C20H20BrN3O3. The Labute approximate surface area is 166 Å². The van der Waals surface area contributed by atoms with E-state index in [-0.39, 0.29) is 11.8 Å². The van der Waals surface area contributed by atoms with E-state index < -0.39 is 0 Å². The largest absolute Gasteiger partial charge is 0.493 e. The lowest BCUT2D eigenvalue weighted by molar-refractivity contribution is 0.352. The molecule has 0 spiro atoms. The zero-order valence-corrected chi connectivity index (χ0v) is 17.1. The van der Waals surface area contributed by atoms with E-state index in [0.29, 0.717) is 22.8 Å². The summed E-state index contributed by atoms with van der Waals surface area (Å²) in [5.74, 6) is 1.53. The molecule has 3 rings (SSSR count). The summed E-state index contributed by atoms with van der Waals surface area (Å²) in [5, 5.41) is 9.71. The second kappa shape index (κ2) is 7.41. The lowest BCUT2D eigenvalue weighted by atomic mass is 9.83. The monoisotopic (exact) mass is 429 g/mol. The van der Waals surface area contributed by atoms with Crippen LogP contribution in [0, 0.1) is 11.3 Å². The maximum absolute atomic E-state index is 9.71. The first-order valence-corrected chi connectivity index (χ1v) is 9.00. The van der Waals surface area contributed by atoms with E-state index in [9.17, 15) is 5.26 Å². The minimum absolute atomic E-state index is 0.108. The zero-order valence-electron chi connectivity index (χ0n) is 15.5. The van der Waals surface area contributed by atoms with E-state index in [0.717, 1.165) is 21.3 Å². The summed E-state index contributed by atoms with van der Waals surface area (Å²) in [4.78, 5) is 1.98. The normalized spacial score (nSPS) is 15.5. The SMILES string of the molecule is COc1cc([C@@H]2C(C#N)=C(N)Oc3cc(N(C)C)ccc32)cc(Br)c1OC. The first-order chi connectivity index (χ1) is 12.9. The minimum Gasteiger partial charge on any atom is -0.493 e. The van der Waals surface area contributed by atoms with Crippen LogP contribution in [0.25, 0.3) is 0 Å². The third-order valence-electron chi connectivity index (χ3n) is 4.51. The van der Waals surface area contributed by atoms with Gasteiger partial charge in [-0.05, 0) is 39.7 Å². The van der Waals surface area contributed by atoms with Crippen molar-refractivity contribution in [3.63, 3.8) is 0 Å². The molecule has 0 bridgehead atoms. The van der Waals surface area contributed by atoms with E-state index in [1.807, 2.05) is 49.3 Å². The van der Waals surface area contributed by atoms with Gasteiger partial charge in [0.1, 0.15) is 17.4 Å². The summed E-state index contributed by atoms with van der Waals surface area (Å²) >= 11 is 3.52. The van der Waals surface area contributed by atoms with E-state index >= 15 is 0 Å². The molecule has 0 saturated carbocycles. The molecule has 2 N–H and O–H groups in total. The predicted octanol–water partition coefficient (Wildman–Crippen LogP) is 3.75. The molecule has 0 saturated heterocycles. The summed E-state index contributed by atoms with van der Waals surface area (Å²) < 4.78 is 17.3. The first kappa shape index (κ1) is 18.9. The van der Waals surface area contributed by atoms with Gasteiger partial charge in [-0.3, -0.25) is 0 Å². The Kier molecular flexibility index (Phi) is 5.19. The van der Waals surface area contributed by atoms with E-state index in [4.69, 9.17) is 19.9 Å². The van der Waals surface area contributed by atoms with Crippen molar-refractivity contribution in [1.82, 2.24) is 0 Å². The van der Waals surface area contributed by atoms with Gasteiger partial charge in [-0.1, -0.05) is 6.07 Å². The lowest BCUT2D eigenvalue weighted by Gasteiger charge is -2.28. The molecule has 1 aliphatic heterocycles. The van der Waals surface area contributed by atoms with Crippen LogP contribution in [-0.4, -0.2) is 28.3 Å². The molecule has 0 aromatic heterocycles. The van der Waals surface area contributed by atoms with Crippen LogP contribution in [-0.2, 0) is 0 Å². The Balaban J connectivity index is 2.23. The summed E-state index contributed by atoms with van der Waals surface area (Å²) in [5.41, 5.74) is 9.13. The maximum Gasteiger partial charge on any atom is 0.205 e. The highest BCUT2D eigenvalue weighted by Crippen LogP contribution is 2.46. The number of fused-ring (bicyclic) bond motifs is 1. The first-order valence-electron chi connectivity index (χ1n) is 8.21. The van der Waals surface area contributed by atoms with Crippen molar-refractivity contribution in [2.24, 2.45) is 5.73 Å². The number of allylic oxidation sites excluding steroid dienone is 1. The van der Waals surface area contributed by atoms with Crippen molar-refractivity contribution in [3.05, 3.63) is 57.4 Å². The van der Waals surface area contributed by atoms with Gasteiger partial charge in [-0.2, -0.15) is 5.26 Å². The van der Waals surface area contributed by atoms with Crippen molar-refractivity contribution in [2.75, 3.05) is 33.2 Å². The van der Waals surface area contributed by atoms with Gasteiger partial charge in [0.2, 0.25) is 5.88 Å². The molecular weight excluding hydrogens is 410 g/mol. The van der Waals surface area contributed by atoms with E-state index in [1.54, 1.807) is 14.2 Å². The highest BCUT2D eigenvalue weighted by molar-refractivity contribution is 9.10. The quantitative estimate of drug-likeness (QED) is 0.796. The summed E-state index contributed by atoms with van der Waals surface area (Å²) in [7, 11) is 7.05. The number of anilines is 1. The Morgan fingerprint density at radius 2 is 1.93 bits per heavy atom. The Morgan fingerprint density at radius 3 is 2.52 bits per heavy atom. The fourth-order valence-electron chi connectivity index (χ4n) is 3.17. The average Bonchev–Trinajstić information content (AvgIpc) is 2.65. The van der Waals surface area contributed by atoms with Crippen LogP contribution in [0.15, 0.2) is 46.3 Å². The fraction of sp³-hybridized carbons (Fsp3) is 0.250. The van der Waals surface area contributed by atoms with Crippen molar-refractivity contribution in [1.29, 1.82) is 5.26 Å². The number of rotatable bonds is 4. The van der Waals surface area contributed by atoms with Gasteiger partial charge >= 0.3 is 0 Å². The van der Waals surface area contributed by atoms with E-state index in [2.05, 4.69) is 22.0 Å². The Morgan fingerprint density at radius 1 is 1.19 bits per heavy atom. The zero-order chi connectivity index (χ0) is 19.7. The molecule has 0 amide bonds. The number of benzene rings is 2. The van der Waals surface area contributed by atoms with Crippen molar-refractivity contribution >= 4 is 21.6 Å². The van der Waals surface area contributed by atoms with Gasteiger partial charge in [-0.15, -0.1) is 0 Å². The van der Waals surface area contributed by atoms with Crippen LogP contribution >= 0.6 is 15.9 Å². The number of methoxy groups -OCH3 is 2. The third-order valence-corrected chi connectivity index (χ3v) is 5.10. The Bertz CT molecular complexity index is 964. The number of ether oxygens (including phenoxy) is 3. The second-order valence-electron chi connectivity index (χ2n) is 6.28. The highest BCUT2D eigenvalue weighted by atomic mass is 79.9. The molecule has 2 aromatic rings. The molecule has 7 heteroatoms. The second-order valence-corrected chi connectivity index (χ2v) is 7.13. The van der Waals surface area contributed by atoms with Crippen LogP contribution < -0.4 is 24.8 Å². The molecule has 0 fully saturated rings. The van der Waals surface area contributed by atoms with Gasteiger partial charge < -0.3 is 24.8 Å². The van der Waals surface area contributed by atoms with Gasteiger partial charge in [0.25, 0.3) is 0 Å².